The van der Waals surface area contributed by atoms with Gasteiger partial charge >= 0.3 is 5.97 Å². The van der Waals surface area contributed by atoms with Crippen LogP contribution in [0.2, 0.25) is 0 Å². The van der Waals surface area contributed by atoms with Crippen LogP contribution < -0.4 is 10.2 Å². The molecule has 1 aromatic rings. The van der Waals surface area contributed by atoms with Gasteiger partial charge in [0, 0.05) is 24.7 Å². The minimum Gasteiger partial charge on any atom is -0.455 e. The molecule has 158 valence electrons. The van der Waals surface area contributed by atoms with Crippen molar-refractivity contribution in [2.75, 3.05) is 18.1 Å². The van der Waals surface area contributed by atoms with E-state index in [0.29, 0.717) is 12.5 Å². The van der Waals surface area contributed by atoms with Crippen molar-refractivity contribution in [2.45, 2.75) is 70.8 Å². The Morgan fingerprint density at radius 3 is 2.66 bits per heavy atom. The average Bonchev–Trinajstić information content (AvgIpc) is 3.13. The maximum atomic E-state index is 12.6. The monoisotopic (exact) mass is 400 g/mol. The number of esters is 1. The summed E-state index contributed by atoms with van der Waals surface area (Å²) in [5.74, 6) is -1.01. The standard InChI is InChI=1S/C23H32N2O4/c1-3-16(2)19-11-7-8-12-20(19)25-14-17(13-22(25)27)23(28)29-15-21(26)24-18-9-5-4-6-10-18/h7-8,11-12,16-18H,3-6,9-10,13-15H2,1-2H3,(H,24,26)/t16-,17+/m0/s1. The summed E-state index contributed by atoms with van der Waals surface area (Å²) < 4.78 is 5.23. The number of nitrogens with zero attached hydrogens (tertiary/aromatic N) is 1. The van der Waals surface area contributed by atoms with Crippen LogP contribution in [0.4, 0.5) is 5.69 Å². The third-order valence-electron chi connectivity index (χ3n) is 6.15. The van der Waals surface area contributed by atoms with Gasteiger partial charge in [-0.25, -0.2) is 0 Å². The van der Waals surface area contributed by atoms with Gasteiger partial charge in [0.25, 0.3) is 5.91 Å². The molecule has 1 aliphatic heterocycles. The van der Waals surface area contributed by atoms with Gasteiger partial charge in [-0.05, 0) is 36.8 Å². The minimum atomic E-state index is -0.532. The van der Waals surface area contributed by atoms with Crippen molar-refractivity contribution in [1.29, 1.82) is 0 Å². The smallest absolute Gasteiger partial charge is 0.311 e. The summed E-state index contributed by atoms with van der Waals surface area (Å²) in [6.07, 6.45) is 6.54. The van der Waals surface area contributed by atoms with Gasteiger partial charge < -0.3 is 15.0 Å². The van der Waals surface area contributed by atoms with Crippen LogP contribution in [0.1, 0.15) is 70.3 Å². The summed E-state index contributed by atoms with van der Waals surface area (Å²) in [5.41, 5.74) is 1.99. The summed E-state index contributed by atoms with van der Waals surface area (Å²) in [7, 11) is 0. The lowest BCUT2D eigenvalue weighted by Gasteiger charge is -2.23. The second-order valence-electron chi connectivity index (χ2n) is 8.28. The predicted molar refractivity (Wildman–Crippen MR) is 112 cm³/mol. The Kier molecular flexibility index (Phi) is 7.29. The number of hydrogen-bond acceptors (Lipinski definition) is 4. The first-order chi connectivity index (χ1) is 14.0. The van der Waals surface area contributed by atoms with E-state index in [9.17, 15) is 14.4 Å². The Balaban J connectivity index is 1.54. The van der Waals surface area contributed by atoms with Crippen molar-refractivity contribution < 1.29 is 19.1 Å². The fourth-order valence-corrected chi connectivity index (χ4v) is 4.24. The molecule has 0 aromatic heterocycles. The Morgan fingerprint density at radius 2 is 1.93 bits per heavy atom. The van der Waals surface area contributed by atoms with Gasteiger partial charge in [0.15, 0.2) is 6.61 Å². The van der Waals surface area contributed by atoms with E-state index in [1.54, 1.807) is 4.90 Å². The first-order valence-corrected chi connectivity index (χ1v) is 10.8. The maximum absolute atomic E-state index is 12.6. The number of carbonyl (C=O) groups is 3. The van der Waals surface area contributed by atoms with E-state index >= 15 is 0 Å². The summed E-state index contributed by atoms with van der Waals surface area (Å²) in [6.45, 7) is 4.28. The van der Waals surface area contributed by atoms with E-state index in [0.717, 1.165) is 43.4 Å². The number of rotatable bonds is 7. The van der Waals surface area contributed by atoms with E-state index in [1.165, 1.54) is 6.42 Å². The molecule has 2 atom stereocenters. The molecule has 6 nitrogen and oxygen atoms in total. The molecule has 6 heteroatoms. The Bertz CT molecular complexity index is 742. The van der Waals surface area contributed by atoms with Crippen LogP contribution in [0.3, 0.4) is 0 Å². The van der Waals surface area contributed by atoms with E-state index in [4.69, 9.17) is 4.74 Å². The quantitative estimate of drug-likeness (QED) is 0.710. The fraction of sp³-hybridized carbons (Fsp3) is 0.609. The number of ether oxygens (including phenoxy) is 1. The molecule has 0 radical (unpaired) electrons. The molecule has 1 N–H and O–H groups in total. The predicted octanol–water partition coefficient (Wildman–Crippen LogP) is 3.55. The maximum Gasteiger partial charge on any atom is 0.311 e. The number of anilines is 1. The molecule has 2 aliphatic rings. The van der Waals surface area contributed by atoms with Gasteiger partial charge in [-0.3, -0.25) is 14.4 Å². The summed E-state index contributed by atoms with van der Waals surface area (Å²) in [6, 6.07) is 8.05. The van der Waals surface area contributed by atoms with Crippen molar-refractivity contribution in [1.82, 2.24) is 5.32 Å². The molecule has 2 fully saturated rings. The molecule has 1 saturated heterocycles. The molecule has 1 heterocycles. The third kappa shape index (κ3) is 5.37. The van der Waals surface area contributed by atoms with Gasteiger partial charge in [-0.2, -0.15) is 0 Å². The van der Waals surface area contributed by atoms with Crippen molar-refractivity contribution in [3.8, 4) is 0 Å². The van der Waals surface area contributed by atoms with Crippen molar-refractivity contribution in [3.63, 3.8) is 0 Å². The van der Waals surface area contributed by atoms with Crippen LogP contribution >= 0.6 is 0 Å². The molecular formula is C23H32N2O4. The van der Waals surface area contributed by atoms with Crippen LogP contribution in [-0.2, 0) is 19.1 Å². The lowest BCUT2D eigenvalue weighted by molar-refractivity contribution is -0.152. The van der Waals surface area contributed by atoms with Crippen molar-refractivity contribution in [2.24, 2.45) is 5.92 Å². The molecule has 0 bridgehead atoms. The second-order valence-corrected chi connectivity index (χ2v) is 8.28. The van der Waals surface area contributed by atoms with Crippen molar-refractivity contribution in [3.05, 3.63) is 29.8 Å². The molecular weight excluding hydrogens is 368 g/mol. The number of amides is 2. The van der Waals surface area contributed by atoms with Crippen molar-refractivity contribution >= 4 is 23.5 Å². The van der Waals surface area contributed by atoms with Crippen LogP contribution in [0, 0.1) is 5.92 Å². The minimum absolute atomic E-state index is 0.0747. The number of carbonyl (C=O) groups excluding carboxylic acids is 3. The first-order valence-electron chi connectivity index (χ1n) is 10.8. The lowest BCUT2D eigenvalue weighted by Crippen LogP contribution is -2.39. The highest BCUT2D eigenvalue weighted by Gasteiger charge is 2.37. The van der Waals surface area contributed by atoms with Gasteiger partial charge in [0.2, 0.25) is 5.91 Å². The Hall–Kier alpha value is -2.37. The summed E-state index contributed by atoms with van der Waals surface area (Å²) in [5, 5.41) is 2.94. The highest BCUT2D eigenvalue weighted by atomic mass is 16.5. The molecule has 1 saturated carbocycles. The fourth-order valence-electron chi connectivity index (χ4n) is 4.24. The molecule has 29 heavy (non-hydrogen) atoms. The van der Waals surface area contributed by atoms with Crippen LogP contribution in [-0.4, -0.2) is 37.0 Å². The Morgan fingerprint density at radius 1 is 1.21 bits per heavy atom. The van der Waals surface area contributed by atoms with Crippen LogP contribution in [0.15, 0.2) is 24.3 Å². The van der Waals surface area contributed by atoms with E-state index in [2.05, 4.69) is 19.2 Å². The molecule has 2 amide bonds. The highest BCUT2D eigenvalue weighted by Crippen LogP contribution is 2.33. The highest BCUT2D eigenvalue weighted by molar-refractivity contribution is 6.00. The zero-order valence-electron chi connectivity index (χ0n) is 17.5. The lowest BCUT2D eigenvalue weighted by atomic mass is 9.95. The van der Waals surface area contributed by atoms with Gasteiger partial charge in [0.1, 0.15) is 0 Å². The van der Waals surface area contributed by atoms with Gasteiger partial charge in [-0.1, -0.05) is 51.3 Å². The zero-order chi connectivity index (χ0) is 20.8. The van der Waals surface area contributed by atoms with Crippen LogP contribution in [0.25, 0.3) is 0 Å². The molecule has 3 rings (SSSR count). The SMILES string of the molecule is CC[C@H](C)c1ccccc1N1C[C@H](C(=O)OCC(=O)NC2CCCCC2)CC1=O. The largest absolute Gasteiger partial charge is 0.455 e. The second kappa shape index (κ2) is 9.90. The van der Waals surface area contributed by atoms with E-state index < -0.39 is 11.9 Å². The zero-order valence-corrected chi connectivity index (χ0v) is 17.5. The average molecular weight is 401 g/mol. The number of benzene rings is 1. The third-order valence-corrected chi connectivity index (χ3v) is 6.15. The van der Waals surface area contributed by atoms with Gasteiger partial charge in [-0.15, -0.1) is 0 Å². The van der Waals surface area contributed by atoms with Gasteiger partial charge in [0.05, 0.1) is 5.92 Å². The van der Waals surface area contributed by atoms with E-state index in [-0.39, 0.29) is 30.9 Å². The molecule has 1 aromatic carbocycles. The number of para-hydroxylation sites is 1. The summed E-state index contributed by atoms with van der Waals surface area (Å²) >= 11 is 0. The molecule has 1 aliphatic carbocycles. The normalized spacial score (nSPS) is 21.1. The summed E-state index contributed by atoms with van der Waals surface area (Å²) in [4.78, 5) is 38.8. The number of hydrogen-bond donors (Lipinski definition) is 1. The Labute approximate surface area is 173 Å². The first kappa shape index (κ1) is 21.3. The molecule has 0 unspecified atom stereocenters. The number of nitrogens with one attached hydrogen (secondary N) is 1. The molecule has 0 spiro atoms. The topological polar surface area (TPSA) is 75.7 Å². The van der Waals surface area contributed by atoms with E-state index in [1.807, 2.05) is 24.3 Å². The van der Waals surface area contributed by atoms with Crippen LogP contribution in [0.5, 0.6) is 0 Å².